The Morgan fingerprint density at radius 2 is 1.50 bits per heavy atom. The molecule has 1 heterocycles. The van der Waals surface area contributed by atoms with E-state index in [0.717, 1.165) is 16.8 Å². The lowest BCUT2D eigenvalue weighted by atomic mass is 10.1. The van der Waals surface area contributed by atoms with E-state index in [4.69, 9.17) is 0 Å². The van der Waals surface area contributed by atoms with Crippen LogP contribution in [0, 0.1) is 6.92 Å². The van der Waals surface area contributed by atoms with E-state index >= 15 is 0 Å². The van der Waals surface area contributed by atoms with Crippen molar-refractivity contribution in [3.63, 3.8) is 0 Å². The average molecular weight is 261 g/mol. The van der Waals surface area contributed by atoms with Crippen LogP contribution in [0.25, 0.3) is 11.3 Å². The number of ketones is 1. The fourth-order valence-electron chi connectivity index (χ4n) is 2.33. The summed E-state index contributed by atoms with van der Waals surface area (Å²) in [6, 6.07) is 21.3. The number of hydrogen-bond acceptors (Lipinski definition) is 1. The first-order valence-corrected chi connectivity index (χ1v) is 6.60. The van der Waals surface area contributed by atoms with Crippen molar-refractivity contribution < 1.29 is 4.79 Å². The normalized spacial score (nSPS) is 10.4. The Morgan fingerprint density at radius 3 is 2.15 bits per heavy atom. The molecule has 20 heavy (non-hydrogen) atoms. The summed E-state index contributed by atoms with van der Waals surface area (Å²) >= 11 is 0. The molecule has 0 fully saturated rings. The number of benzene rings is 2. The molecule has 0 bridgehead atoms. The smallest absolute Gasteiger partial charge is 0.209 e. The fraction of sp³-hybridized carbons (Fsp3) is 0.0556. The summed E-state index contributed by atoms with van der Waals surface area (Å²) in [5.41, 5.74) is 4.51. The van der Waals surface area contributed by atoms with E-state index in [0.29, 0.717) is 11.3 Å². The van der Waals surface area contributed by atoms with Crippen LogP contribution in [0.5, 0.6) is 0 Å². The first-order chi connectivity index (χ1) is 9.75. The zero-order valence-corrected chi connectivity index (χ0v) is 11.3. The van der Waals surface area contributed by atoms with Gasteiger partial charge in [0.25, 0.3) is 0 Å². The number of carbonyl (C=O) groups excluding carboxylic acids is 1. The standard InChI is InChI=1S/C18H15NO/c1-13-12-16(18(20)15-10-6-3-7-11-15)19-17(13)14-8-4-2-5-9-14/h2-12,19H,1H3. The number of H-pyrrole nitrogens is 1. The number of carbonyl (C=O) groups is 1. The zero-order chi connectivity index (χ0) is 13.9. The van der Waals surface area contributed by atoms with Gasteiger partial charge in [-0.3, -0.25) is 4.79 Å². The van der Waals surface area contributed by atoms with Crippen LogP contribution in [0.1, 0.15) is 21.6 Å². The van der Waals surface area contributed by atoms with Crippen LogP contribution in [0.4, 0.5) is 0 Å². The molecule has 0 aliphatic carbocycles. The lowest BCUT2D eigenvalue weighted by Gasteiger charge is -2.00. The predicted octanol–water partition coefficient (Wildman–Crippen LogP) is 4.22. The molecular weight excluding hydrogens is 246 g/mol. The Bertz CT molecular complexity index is 727. The van der Waals surface area contributed by atoms with Gasteiger partial charge in [0, 0.05) is 11.3 Å². The van der Waals surface area contributed by atoms with E-state index in [1.807, 2.05) is 73.7 Å². The summed E-state index contributed by atoms with van der Waals surface area (Å²) in [4.78, 5) is 15.7. The molecule has 1 N–H and O–H groups in total. The maximum Gasteiger partial charge on any atom is 0.209 e. The second-order valence-corrected chi connectivity index (χ2v) is 4.80. The Balaban J connectivity index is 2.00. The maximum absolute atomic E-state index is 12.4. The molecule has 0 atom stereocenters. The van der Waals surface area contributed by atoms with E-state index in [1.54, 1.807) is 0 Å². The number of hydrogen-bond donors (Lipinski definition) is 1. The van der Waals surface area contributed by atoms with E-state index in [1.165, 1.54) is 0 Å². The number of rotatable bonds is 3. The number of aromatic amines is 1. The van der Waals surface area contributed by atoms with Gasteiger partial charge in [-0.2, -0.15) is 0 Å². The number of nitrogens with one attached hydrogen (secondary N) is 1. The third-order valence-electron chi connectivity index (χ3n) is 3.36. The summed E-state index contributed by atoms with van der Waals surface area (Å²) in [6.07, 6.45) is 0. The largest absolute Gasteiger partial charge is 0.352 e. The minimum Gasteiger partial charge on any atom is -0.352 e. The fourth-order valence-corrected chi connectivity index (χ4v) is 2.33. The Labute approximate surface area is 118 Å². The van der Waals surface area contributed by atoms with Crippen LogP contribution in [0.2, 0.25) is 0 Å². The third-order valence-corrected chi connectivity index (χ3v) is 3.36. The molecule has 0 amide bonds. The highest BCUT2D eigenvalue weighted by Gasteiger charge is 2.13. The molecule has 3 rings (SSSR count). The molecular formula is C18H15NO. The summed E-state index contributed by atoms with van der Waals surface area (Å²) in [5.74, 6) is 0.0240. The average Bonchev–Trinajstić information content (AvgIpc) is 2.90. The molecule has 0 aliphatic rings. The van der Waals surface area contributed by atoms with Gasteiger partial charge in [-0.25, -0.2) is 0 Å². The topological polar surface area (TPSA) is 32.9 Å². The van der Waals surface area contributed by atoms with Gasteiger partial charge in [0.05, 0.1) is 5.69 Å². The molecule has 0 aliphatic heterocycles. The second-order valence-electron chi connectivity index (χ2n) is 4.80. The van der Waals surface area contributed by atoms with Crippen molar-refractivity contribution in [1.82, 2.24) is 4.98 Å². The Morgan fingerprint density at radius 1 is 0.900 bits per heavy atom. The van der Waals surface area contributed by atoms with Crippen molar-refractivity contribution in [2.75, 3.05) is 0 Å². The monoisotopic (exact) mass is 261 g/mol. The lowest BCUT2D eigenvalue weighted by Crippen LogP contribution is -2.01. The SMILES string of the molecule is Cc1cc(C(=O)c2ccccc2)[nH]c1-c1ccccc1. The van der Waals surface area contributed by atoms with E-state index in [2.05, 4.69) is 4.98 Å². The Kier molecular flexibility index (Phi) is 3.21. The molecule has 0 unspecified atom stereocenters. The van der Waals surface area contributed by atoms with Crippen molar-refractivity contribution in [1.29, 1.82) is 0 Å². The lowest BCUT2D eigenvalue weighted by molar-refractivity contribution is 0.103. The highest BCUT2D eigenvalue weighted by atomic mass is 16.1. The van der Waals surface area contributed by atoms with E-state index in [-0.39, 0.29) is 5.78 Å². The molecule has 0 saturated heterocycles. The molecule has 3 aromatic rings. The highest BCUT2D eigenvalue weighted by molar-refractivity contribution is 6.08. The number of aromatic nitrogens is 1. The van der Waals surface area contributed by atoms with Crippen LogP contribution in [0.3, 0.4) is 0 Å². The first-order valence-electron chi connectivity index (χ1n) is 6.60. The van der Waals surface area contributed by atoms with Gasteiger partial charge in [-0.15, -0.1) is 0 Å². The van der Waals surface area contributed by atoms with Gasteiger partial charge in [-0.05, 0) is 24.1 Å². The van der Waals surface area contributed by atoms with Crippen LogP contribution in [-0.4, -0.2) is 10.8 Å². The van der Waals surface area contributed by atoms with Crippen molar-refractivity contribution >= 4 is 5.78 Å². The minimum absolute atomic E-state index is 0.0240. The minimum atomic E-state index is 0.0240. The van der Waals surface area contributed by atoms with Crippen molar-refractivity contribution in [3.05, 3.63) is 83.6 Å². The van der Waals surface area contributed by atoms with Crippen LogP contribution < -0.4 is 0 Å². The summed E-state index contributed by atoms with van der Waals surface area (Å²) < 4.78 is 0. The predicted molar refractivity (Wildman–Crippen MR) is 80.8 cm³/mol. The van der Waals surface area contributed by atoms with Crippen LogP contribution in [0.15, 0.2) is 66.7 Å². The summed E-state index contributed by atoms with van der Waals surface area (Å²) in [7, 11) is 0. The molecule has 0 radical (unpaired) electrons. The third kappa shape index (κ3) is 2.28. The van der Waals surface area contributed by atoms with E-state index in [9.17, 15) is 4.79 Å². The van der Waals surface area contributed by atoms with Gasteiger partial charge in [0.15, 0.2) is 0 Å². The zero-order valence-electron chi connectivity index (χ0n) is 11.3. The molecule has 98 valence electrons. The van der Waals surface area contributed by atoms with Gasteiger partial charge < -0.3 is 4.98 Å². The second kappa shape index (κ2) is 5.17. The summed E-state index contributed by atoms with van der Waals surface area (Å²) in [5, 5.41) is 0. The van der Waals surface area contributed by atoms with Gasteiger partial charge in [-0.1, -0.05) is 60.7 Å². The molecule has 1 aromatic heterocycles. The van der Waals surface area contributed by atoms with Gasteiger partial charge >= 0.3 is 0 Å². The van der Waals surface area contributed by atoms with Crippen molar-refractivity contribution in [2.24, 2.45) is 0 Å². The maximum atomic E-state index is 12.4. The van der Waals surface area contributed by atoms with Crippen LogP contribution >= 0.6 is 0 Å². The van der Waals surface area contributed by atoms with Crippen molar-refractivity contribution in [2.45, 2.75) is 6.92 Å². The number of aryl methyl sites for hydroxylation is 1. The van der Waals surface area contributed by atoms with Crippen molar-refractivity contribution in [3.8, 4) is 11.3 Å². The quantitative estimate of drug-likeness (QED) is 0.703. The van der Waals surface area contributed by atoms with Gasteiger partial charge in [0.1, 0.15) is 0 Å². The summed E-state index contributed by atoms with van der Waals surface area (Å²) in [6.45, 7) is 2.01. The molecule has 0 saturated carbocycles. The van der Waals surface area contributed by atoms with Gasteiger partial charge in [0.2, 0.25) is 5.78 Å². The Hall–Kier alpha value is -2.61. The molecule has 2 aromatic carbocycles. The molecule has 2 nitrogen and oxygen atoms in total. The highest BCUT2D eigenvalue weighted by Crippen LogP contribution is 2.24. The van der Waals surface area contributed by atoms with Crippen LogP contribution in [-0.2, 0) is 0 Å². The molecule has 2 heteroatoms. The first kappa shape index (κ1) is 12.4. The molecule has 0 spiro atoms. The van der Waals surface area contributed by atoms with E-state index < -0.39 is 0 Å².